The summed E-state index contributed by atoms with van der Waals surface area (Å²) < 4.78 is 4.91. The summed E-state index contributed by atoms with van der Waals surface area (Å²) >= 11 is 0. The Hall–Kier alpha value is -0.810. The van der Waals surface area contributed by atoms with Gasteiger partial charge in [-0.2, -0.15) is 0 Å². The number of ether oxygens (including phenoxy) is 1. The molecule has 2 fully saturated rings. The van der Waals surface area contributed by atoms with Crippen molar-refractivity contribution in [1.82, 2.24) is 4.90 Å². The third-order valence-corrected chi connectivity index (χ3v) is 3.72. The average molecular weight is 243 g/mol. The zero-order chi connectivity index (χ0) is 12.6. The molecule has 4 atom stereocenters. The molecule has 0 aromatic heterocycles. The first kappa shape index (κ1) is 12.6. The molecule has 2 aliphatic rings. The number of nitrogens with zero attached hydrogens (tertiary/aromatic N) is 1. The molecule has 2 saturated heterocycles. The predicted octanol–water partition coefficient (Wildman–Crippen LogP) is 0.738. The molecule has 0 spiro atoms. The van der Waals surface area contributed by atoms with Crippen LogP contribution in [0.4, 0.5) is 4.79 Å². The third-order valence-electron chi connectivity index (χ3n) is 3.72. The number of rotatable bonds is 4. The second kappa shape index (κ2) is 4.82. The Balaban J connectivity index is 1.97. The first-order chi connectivity index (χ1) is 8.02. The summed E-state index contributed by atoms with van der Waals surface area (Å²) in [6.07, 6.45) is 0.628. The molecule has 0 aromatic carbocycles. The van der Waals surface area contributed by atoms with Crippen LogP contribution >= 0.6 is 0 Å². The monoisotopic (exact) mass is 243 g/mol. The van der Waals surface area contributed by atoms with Gasteiger partial charge in [-0.05, 0) is 12.3 Å². The number of fused-ring (bicyclic) bond motifs is 1. The van der Waals surface area contributed by atoms with Crippen LogP contribution in [-0.2, 0) is 4.74 Å². The van der Waals surface area contributed by atoms with Crippen LogP contribution in [0, 0.1) is 5.92 Å². The fraction of sp³-hybridized carbons (Fsp3) is 0.917. The highest BCUT2D eigenvalue weighted by atomic mass is 16.6. The molecule has 0 saturated carbocycles. The lowest BCUT2D eigenvalue weighted by Gasteiger charge is -2.23. The molecular formula is C12H21NO4. The van der Waals surface area contributed by atoms with Crippen LogP contribution in [0.5, 0.6) is 0 Å². The molecule has 5 nitrogen and oxygen atoms in total. The molecule has 0 unspecified atom stereocenters. The maximum absolute atomic E-state index is 11.5. The van der Waals surface area contributed by atoms with Crippen molar-refractivity contribution in [3.05, 3.63) is 0 Å². The molecule has 2 aliphatic heterocycles. The van der Waals surface area contributed by atoms with E-state index >= 15 is 0 Å². The van der Waals surface area contributed by atoms with Crippen LogP contribution in [0.25, 0.3) is 0 Å². The van der Waals surface area contributed by atoms with Gasteiger partial charge in [-0.15, -0.1) is 0 Å². The molecule has 5 heteroatoms. The van der Waals surface area contributed by atoms with Crippen LogP contribution in [-0.4, -0.2) is 52.1 Å². The molecule has 98 valence electrons. The van der Waals surface area contributed by atoms with E-state index in [9.17, 15) is 15.0 Å². The molecule has 0 radical (unpaired) electrons. The quantitative estimate of drug-likeness (QED) is 0.764. The molecule has 0 bridgehead atoms. The lowest BCUT2D eigenvalue weighted by Crippen LogP contribution is -2.38. The van der Waals surface area contributed by atoms with Gasteiger partial charge in [0.1, 0.15) is 18.8 Å². The summed E-state index contributed by atoms with van der Waals surface area (Å²) in [4.78, 5) is 13.1. The fourth-order valence-electron chi connectivity index (χ4n) is 2.76. The molecule has 1 amide bonds. The maximum Gasteiger partial charge on any atom is 0.410 e. The van der Waals surface area contributed by atoms with Crippen molar-refractivity contribution in [2.24, 2.45) is 5.92 Å². The zero-order valence-electron chi connectivity index (χ0n) is 10.4. The Morgan fingerprint density at radius 1 is 1.41 bits per heavy atom. The molecule has 2 rings (SSSR count). The number of carbonyl (C=O) groups is 1. The van der Waals surface area contributed by atoms with Crippen molar-refractivity contribution >= 4 is 6.09 Å². The van der Waals surface area contributed by atoms with E-state index < -0.39 is 18.3 Å². The number of carbonyl (C=O) groups excluding carboxylic acids is 1. The molecule has 0 aliphatic carbocycles. The van der Waals surface area contributed by atoms with E-state index in [2.05, 4.69) is 13.8 Å². The van der Waals surface area contributed by atoms with Crippen LogP contribution in [0.15, 0.2) is 0 Å². The van der Waals surface area contributed by atoms with E-state index in [0.717, 1.165) is 19.3 Å². The van der Waals surface area contributed by atoms with E-state index in [0.29, 0.717) is 5.92 Å². The molecule has 0 aromatic rings. The van der Waals surface area contributed by atoms with E-state index in [1.807, 2.05) is 0 Å². The van der Waals surface area contributed by atoms with Crippen molar-refractivity contribution in [3.63, 3.8) is 0 Å². The first-order valence-corrected chi connectivity index (χ1v) is 6.33. The van der Waals surface area contributed by atoms with Crippen molar-refractivity contribution in [2.75, 3.05) is 6.61 Å². The summed E-state index contributed by atoms with van der Waals surface area (Å²) in [7, 11) is 0. The van der Waals surface area contributed by atoms with E-state index in [1.165, 1.54) is 4.90 Å². The van der Waals surface area contributed by atoms with Crippen molar-refractivity contribution in [2.45, 2.75) is 57.4 Å². The third kappa shape index (κ3) is 2.26. The Morgan fingerprint density at radius 2 is 2.12 bits per heavy atom. The van der Waals surface area contributed by atoms with Gasteiger partial charge in [-0.3, -0.25) is 4.90 Å². The summed E-state index contributed by atoms with van der Waals surface area (Å²) in [6, 6.07) is -0.648. The highest BCUT2D eigenvalue weighted by molar-refractivity contribution is 5.71. The topological polar surface area (TPSA) is 70.0 Å². The van der Waals surface area contributed by atoms with Gasteiger partial charge < -0.3 is 14.9 Å². The van der Waals surface area contributed by atoms with Gasteiger partial charge in [0, 0.05) is 0 Å². The summed E-state index contributed by atoms with van der Waals surface area (Å²) in [6.45, 7) is 4.48. The lowest BCUT2D eigenvalue weighted by molar-refractivity contribution is 0.0168. The number of amides is 1. The average Bonchev–Trinajstić information content (AvgIpc) is 2.74. The Bertz CT molecular complexity index is 294. The minimum absolute atomic E-state index is 0.192. The SMILES string of the molecule is CC(C)CCC[C@H]1[C@H](O)[C@@H](O)[C@@H]2COC(=O)N12. The van der Waals surface area contributed by atoms with E-state index in [4.69, 9.17) is 4.74 Å². The summed E-state index contributed by atoms with van der Waals surface area (Å²) in [5, 5.41) is 19.8. The minimum atomic E-state index is -0.870. The molecule has 2 N–H and O–H groups in total. The number of cyclic esters (lactones) is 1. The van der Waals surface area contributed by atoms with Crippen LogP contribution in [0.1, 0.15) is 33.1 Å². The first-order valence-electron chi connectivity index (χ1n) is 6.33. The fourth-order valence-corrected chi connectivity index (χ4v) is 2.76. The second-order valence-corrected chi connectivity index (χ2v) is 5.42. The van der Waals surface area contributed by atoms with Crippen molar-refractivity contribution in [3.8, 4) is 0 Å². The summed E-state index contributed by atoms with van der Waals surface area (Å²) in [5.74, 6) is 0.611. The molecule has 17 heavy (non-hydrogen) atoms. The Labute approximate surface area is 101 Å². The zero-order valence-corrected chi connectivity index (χ0v) is 10.4. The largest absolute Gasteiger partial charge is 0.447 e. The van der Waals surface area contributed by atoms with Gasteiger partial charge in [0.05, 0.1) is 12.1 Å². The summed E-state index contributed by atoms with van der Waals surface area (Å²) in [5.41, 5.74) is 0. The van der Waals surface area contributed by atoms with Gasteiger partial charge in [-0.25, -0.2) is 4.79 Å². The van der Waals surface area contributed by atoms with Crippen LogP contribution < -0.4 is 0 Å². The van der Waals surface area contributed by atoms with E-state index in [-0.39, 0.29) is 18.7 Å². The normalized spacial score (nSPS) is 36.5. The highest BCUT2D eigenvalue weighted by Crippen LogP contribution is 2.33. The highest BCUT2D eigenvalue weighted by Gasteiger charge is 2.53. The van der Waals surface area contributed by atoms with Crippen LogP contribution in [0.3, 0.4) is 0 Å². The number of aliphatic hydroxyl groups excluding tert-OH is 2. The molecule has 2 heterocycles. The van der Waals surface area contributed by atoms with Gasteiger partial charge in [0.15, 0.2) is 0 Å². The van der Waals surface area contributed by atoms with E-state index in [1.54, 1.807) is 0 Å². The van der Waals surface area contributed by atoms with Gasteiger partial charge in [-0.1, -0.05) is 26.7 Å². The minimum Gasteiger partial charge on any atom is -0.447 e. The predicted molar refractivity (Wildman–Crippen MR) is 61.5 cm³/mol. The Kier molecular flexibility index (Phi) is 3.58. The Morgan fingerprint density at radius 3 is 2.76 bits per heavy atom. The lowest BCUT2D eigenvalue weighted by atomic mass is 9.99. The van der Waals surface area contributed by atoms with Crippen LogP contribution in [0.2, 0.25) is 0 Å². The molecular weight excluding hydrogens is 222 g/mol. The standard InChI is InChI=1S/C12H21NO4/c1-7(2)4-3-5-8-10(14)11(15)9-6-17-12(16)13(8)9/h7-11,14-15H,3-6H2,1-2H3/t8-,9-,10-,11-/m0/s1. The van der Waals surface area contributed by atoms with Crippen molar-refractivity contribution in [1.29, 1.82) is 0 Å². The number of hydrogen-bond donors (Lipinski definition) is 2. The number of aliphatic hydroxyl groups is 2. The number of hydrogen-bond acceptors (Lipinski definition) is 4. The van der Waals surface area contributed by atoms with Gasteiger partial charge in [0.2, 0.25) is 0 Å². The van der Waals surface area contributed by atoms with Gasteiger partial charge >= 0.3 is 6.09 Å². The van der Waals surface area contributed by atoms with Crippen molar-refractivity contribution < 1.29 is 19.7 Å². The maximum atomic E-state index is 11.5. The smallest absolute Gasteiger partial charge is 0.410 e. The second-order valence-electron chi connectivity index (χ2n) is 5.42. The van der Waals surface area contributed by atoms with Gasteiger partial charge in [0.25, 0.3) is 0 Å².